The topological polar surface area (TPSA) is 42.0 Å². The van der Waals surface area contributed by atoms with E-state index in [9.17, 15) is 4.79 Å². The molecule has 3 heteroatoms. The maximum Gasteiger partial charge on any atom is 0.223 e. The van der Waals surface area contributed by atoms with Gasteiger partial charge >= 0.3 is 0 Å². The van der Waals surface area contributed by atoms with Crippen LogP contribution in [-0.2, 0) is 4.79 Å². The Balaban J connectivity index is 1.23. The van der Waals surface area contributed by atoms with Crippen molar-refractivity contribution in [1.82, 2.24) is 10.3 Å². The molecule has 0 bridgehead atoms. The molecule has 3 nitrogen and oxygen atoms in total. The summed E-state index contributed by atoms with van der Waals surface area (Å²) >= 11 is 0. The van der Waals surface area contributed by atoms with Gasteiger partial charge in [0.2, 0.25) is 5.91 Å². The van der Waals surface area contributed by atoms with Gasteiger partial charge in [0.25, 0.3) is 0 Å². The number of allylic oxidation sites excluding steroid dienone is 3. The summed E-state index contributed by atoms with van der Waals surface area (Å²) in [6.45, 7) is 7.26. The minimum atomic E-state index is 0.286. The highest BCUT2D eigenvalue weighted by Gasteiger charge is 2.56. The van der Waals surface area contributed by atoms with E-state index in [4.69, 9.17) is 0 Å². The lowest BCUT2D eigenvalue weighted by Gasteiger charge is -2.58. The highest BCUT2D eigenvalue weighted by atomic mass is 16.2. The van der Waals surface area contributed by atoms with Crippen molar-refractivity contribution in [2.45, 2.75) is 84.6 Å². The van der Waals surface area contributed by atoms with E-state index < -0.39 is 0 Å². The Morgan fingerprint density at radius 2 is 1.81 bits per heavy atom. The molecule has 6 rings (SSSR count). The first-order valence-corrected chi connectivity index (χ1v) is 13.0. The Bertz CT molecular complexity index is 1000. The molecule has 1 amide bonds. The predicted molar refractivity (Wildman–Crippen MR) is 129 cm³/mol. The molecule has 3 saturated carbocycles. The summed E-state index contributed by atoms with van der Waals surface area (Å²) < 4.78 is 0. The normalized spacial score (nSPS) is 40.5. The number of nitrogens with zero attached hydrogens (tertiary/aromatic N) is 1. The van der Waals surface area contributed by atoms with E-state index in [0.717, 1.165) is 43.4 Å². The number of hydrogen-bond acceptors (Lipinski definition) is 2. The highest BCUT2D eigenvalue weighted by molar-refractivity contribution is 5.81. The highest BCUT2D eigenvalue weighted by Crippen LogP contribution is 2.66. The average Bonchev–Trinajstić information content (AvgIpc) is 3.55. The molecule has 5 aliphatic rings. The van der Waals surface area contributed by atoms with Crippen LogP contribution in [0.2, 0.25) is 0 Å². The fourth-order valence-corrected chi connectivity index (χ4v) is 8.17. The third-order valence-electron chi connectivity index (χ3n) is 10.2. The molecule has 1 aromatic rings. The van der Waals surface area contributed by atoms with E-state index in [1.807, 2.05) is 6.20 Å². The van der Waals surface area contributed by atoms with Gasteiger partial charge in [-0.3, -0.25) is 9.78 Å². The Morgan fingerprint density at radius 3 is 2.59 bits per heavy atom. The van der Waals surface area contributed by atoms with Gasteiger partial charge in [0, 0.05) is 24.4 Å². The number of fused-ring (bicyclic) bond motifs is 5. The molecular formula is C29H38N2O. The van der Waals surface area contributed by atoms with Crippen LogP contribution >= 0.6 is 0 Å². The van der Waals surface area contributed by atoms with Gasteiger partial charge in [-0.05, 0) is 116 Å². The Morgan fingerprint density at radius 1 is 1.00 bits per heavy atom. The molecule has 0 saturated heterocycles. The molecule has 0 spiro atoms. The number of carbonyl (C=O) groups is 1. The summed E-state index contributed by atoms with van der Waals surface area (Å²) in [5, 5.41) is 3.38. The van der Waals surface area contributed by atoms with Crippen LogP contribution in [0.1, 0.15) is 82.8 Å². The SMILES string of the molecule is Cc1cncc(C2=CC[C@H]3[C@@H]4CC=C5C[C@H](NC(=O)C6CC6)CC[C@]5(C)[C@H]4CC[C@]23C)c1. The van der Waals surface area contributed by atoms with Gasteiger partial charge in [-0.1, -0.05) is 31.6 Å². The number of pyridine rings is 1. The molecule has 170 valence electrons. The van der Waals surface area contributed by atoms with Crippen LogP contribution < -0.4 is 5.32 Å². The zero-order valence-electron chi connectivity index (χ0n) is 20.0. The van der Waals surface area contributed by atoms with Gasteiger partial charge in [0.1, 0.15) is 0 Å². The summed E-state index contributed by atoms with van der Waals surface area (Å²) in [6, 6.07) is 2.69. The standard InChI is InChI=1S/C29H38N2O/c1-18-14-20(17-30-16-18)24-8-9-25-23-7-6-21-15-22(31-27(32)19-4-5-19)10-12-28(21,2)26(23)11-13-29(24,25)3/h6,8,14,16-17,19,22-23,25-26H,4-5,7,9-13,15H2,1-3H3,(H,31,32)/t22-,23+,25+,26+,28+,29-/m1/s1. The molecule has 32 heavy (non-hydrogen) atoms. The lowest BCUT2D eigenvalue weighted by atomic mass is 9.47. The number of aromatic nitrogens is 1. The van der Waals surface area contributed by atoms with E-state index in [1.165, 1.54) is 43.2 Å². The van der Waals surface area contributed by atoms with Crippen molar-refractivity contribution in [3.63, 3.8) is 0 Å². The fourth-order valence-electron chi connectivity index (χ4n) is 8.17. The van der Waals surface area contributed by atoms with E-state index in [0.29, 0.717) is 23.3 Å². The van der Waals surface area contributed by atoms with Crippen LogP contribution in [0.4, 0.5) is 0 Å². The molecular weight excluding hydrogens is 392 g/mol. The number of carbonyl (C=O) groups excluding carboxylic acids is 1. The monoisotopic (exact) mass is 430 g/mol. The van der Waals surface area contributed by atoms with Gasteiger partial charge in [-0.2, -0.15) is 0 Å². The molecule has 1 aromatic heterocycles. The first kappa shape index (κ1) is 20.7. The quantitative estimate of drug-likeness (QED) is 0.577. The van der Waals surface area contributed by atoms with Gasteiger partial charge in [-0.15, -0.1) is 0 Å². The minimum absolute atomic E-state index is 0.286. The maximum atomic E-state index is 12.3. The third-order valence-corrected chi connectivity index (χ3v) is 10.2. The lowest BCUT2D eigenvalue weighted by Crippen LogP contribution is -2.51. The van der Waals surface area contributed by atoms with Gasteiger partial charge < -0.3 is 5.32 Å². The van der Waals surface area contributed by atoms with Crippen molar-refractivity contribution in [3.8, 4) is 0 Å². The molecule has 0 radical (unpaired) electrons. The number of amides is 1. The summed E-state index contributed by atoms with van der Waals surface area (Å²) in [4.78, 5) is 16.8. The van der Waals surface area contributed by atoms with Crippen molar-refractivity contribution >= 4 is 11.5 Å². The largest absolute Gasteiger partial charge is 0.353 e. The summed E-state index contributed by atoms with van der Waals surface area (Å²) in [5.74, 6) is 2.96. The Labute approximate surface area is 193 Å². The van der Waals surface area contributed by atoms with Crippen molar-refractivity contribution in [2.75, 3.05) is 0 Å². The van der Waals surface area contributed by atoms with Crippen LogP contribution in [0.5, 0.6) is 0 Å². The number of aryl methyl sites for hydroxylation is 1. The first-order valence-electron chi connectivity index (χ1n) is 13.0. The minimum Gasteiger partial charge on any atom is -0.353 e. The molecule has 0 aliphatic heterocycles. The number of hydrogen-bond donors (Lipinski definition) is 1. The summed E-state index contributed by atoms with van der Waals surface area (Å²) in [6.07, 6.45) is 19.9. The molecule has 5 aliphatic carbocycles. The van der Waals surface area contributed by atoms with E-state index >= 15 is 0 Å². The fraction of sp³-hybridized carbons (Fsp3) is 0.655. The third kappa shape index (κ3) is 3.14. The summed E-state index contributed by atoms with van der Waals surface area (Å²) in [7, 11) is 0. The Hall–Kier alpha value is -1.90. The molecule has 1 N–H and O–H groups in total. The van der Waals surface area contributed by atoms with Gasteiger partial charge in [0.15, 0.2) is 0 Å². The van der Waals surface area contributed by atoms with Crippen molar-refractivity contribution in [3.05, 3.63) is 47.3 Å². The van der Waals surface area contributed by atoms with Crippen LogP contribution in [0, 0.1) is 41.4 Å². The number of rotatable bonds is 3. The zero-order chi connectivity index (χ0) is 22.1. The molecule has 0 unspecified atom stereocenters. The van der Waals surface area contributed by atoms with Crippen LogP contribution in [-0.4, -0.2) is 16.9 Å². The molecule has 0 aromatic carbocycles. The smallest absolute Gasteiger partial charge is 0.223 e. The molecule has 6 atom stereocenters. The van der Waals surface area contributed by atoms with Crippen molar-refractivity contribution in [2.24, 2.45) is 34.5 Å². The second-order valence-corrected chi connectivity index (χ2v) is 12.0. The second-order valence-electron chi connectivity index (χ2n) is 12.0. The Kier molecular flexibility index (Phi) is 4.72. The van der Waals surface area contributed by atoms with Gasteiger partial charge in [-0.25, -0.2) is 0 Å². The van der Waals surface area contributed by atoms with Gasteiger partial charge in [0.05, 0.1) is 0 Å². The van der Waals surface area contributed by atoms with Crippen LogP contribution in [0.15, 0.2) is 36.2 Å². The summed E-state index contributed by atoms with van der Waals surface area (Å²) in [5.41, 5.74) is 6.44. The second kappa shape index (κ2) is 7.30. The lowest BCUT2D eigenvalue weighted by molar-refractivity contribution is -0.123. The zero-order valence-corrected chi connectivity index (χ0v) is 20.0. The van der Waals surface area contributed by atoms with Crippen molar-refractivity contribution < 1.29 is 4.79 Å². The average molecular weight is 431 g/mol. The van der Waals surface area contributed by atoms with E-state index in [-0.39, 0.29) is 5.41 Å². The van der Waals surface area contributed by atoms with Crippen LogP contribution in [0.25, 0.3) is 5.57 Å². The van der Waals surface area contributed by atoms with Crippen LogP contribution in [0.3, 0.4) is 0 Å². The van der Waals surface area contributed by atoms with E-state index in [2.05, 4.69) is 55.5 Å². The predicted octanol–water partition coefficient (Wildman–Crippen LogP) is 6.24. The van der Waals surface area contributed by atoms with E-state index in [1.54, 1.807) is 11.1 Å². The molecule has 3 fully saturated rings. The van der Waals surface area contributed by atoms with Crippen molar-refractivity contribution in [1.29, 1.82) is 0 Å². The number of nitrogens with one attached hydrogen (secondary N) is 1. The molecule has 1 heterocycles. The maximum absolute atomic E-state index is 12.3. The first-order chi connectivity index (χ1) is 15.4.